The first-order chi connectivity index (χ1) is 11.5. The summed E-state index contributed by atoms with van der Waals surface area (Å²) in [7, 11) is 1.74. The number of nitrogens with zero attached hydrogens (tertiary/aromatic N) is 1. The minimum absolute atomic E-state index is 0.0198. The normalized spacial score (nSPS) is 12.8. The van der Waals surface area contributed by atoms with Crippen molar-refractivity contribution in [2.24, 2.45) is 0 Å². The van der Waals surface area contributed by atoms with Gasteiger partial charge in [0.25, 0.3) is 0 Å². The van der Waals surface area contributed by atoms with Gasteiger partial charge in [0.15, 0.2) is 0 Å². The number of anilines is 1. The van der Waals surface area contributed by atoms with Gasteiger partial charge < -0.3 is 15.0 Å². The third-order valence-corrected chi connectivity index (χ3v) is 3.70. The Hall–Kier alpha value is -2.30. The van der Waals surface area contributed by atoms with Crippen LogP contribution in [0.4, 0.5) is 10.5 Å². The highest BCUT2D eigenvalue weighted by Gasteiger charge is 2.22. The Morgan fingerprint density at radius 3 is 2.52 bits per heavy atom. The van der Waals surface area contributed by atoms with E-state index in [0.29, 0.717) is 6.42 Å². The second-order valence-electron chi connectivity index (χ2n) is 7.33. The first-order valence-electron chi connectivity index (χ1n) is 8.50. The molecule has 1 aromatic rings. The zero-order valence-electron chi connectivity index (χ0n) is 16.3. The predicted octanol–water partition coefficient (Wildman–Crippen LogP) is 4.61. The fourth-order valence-electron chi connectivity index (χ4n) is 2.14. The molecule has 0 heterocycles. The van der Waals surface area contributed by atoms with Gasteiger partial charge in [-0.1, -0.05) is 24.3 Å². The molecule has 1 aromatic carbocycles. The van der Waals surface area contributed by atoms with Crippen LogP contribution in [0.25, 0.3) is 6.08 Å². The molecule has 1 rings (SSSR count). The van der Waals surface area contributed by atoms with E-state index in [2.05, 4.69) is 5.32 Å². The molecule has 0 spiro atoms. The second-order valence-corrected chi connectivity index (χ2v) is 7.33. The molecule has 25 heavy (non-hydrogen) atoms. The van der Waals surface area contributed by atoms with Crippen molar-refractivity contribution >= 4 is 23.8 Å². The van der Waals surface area contributed by atoms with Gasteiger partial charge in [0.2, 0.25) is 5.91 Å². The molecule has 0 aliphatic rings. The summed E-state index contributed by atoms with van der Waals surface area (Å²) in [6.07, 6.45) is 4.40. The van der Waals surface area contributed by atoms with Crippen LogP contribution in [0, 0.1) is 6.92 Å². The van der Waals surface area contributed by atoms with Gasteiger partial charge in [-0.2, -0.15) is 0 Å². The molecule has 0 fully saturated rings. The van der Waals surface area contributed by atoms with Gasteiger partial charge in [-0.05, 0) is 58.2 Å². The molecule has 0 saturated heterocycles. The number of carbonyl (C=O) groups is 2. The summed E-state index contributed by atoms with van der Waals surface area (Å²) in [4.78, 5) is 24.9. The zero-order valence-corrected chi connectivity index (χ0v) is 16.3. The van der Waals surface area contributed by atoms with E-state index in [1.165, 1.54) is 6.92 Å². The topological polar surface area (TPSA) is 58.6 Å². The van der Waals surface area contributed by atoms with Crippen molar-refractivity contribution in [3.8, 4) is 0 Å². The Morgan fingerprint density at radius 1 is 1.32 bits per heavy atom. The summed E-state index contributed by atoms with van der Waals surface area (Å²) < 4.78 is 5.37. The van der Waals surface area contributed by atoms with Gasteiger partial charge in [0, 0.05) is 25.7 Å². The lowest BCUT2D eigenvalue weighted by molar-refractivity contribution is -0.114. The third kappa shape index (κ3) is 7.42. The van der Waals surface area contributed by atoms with E-state index < -0.39 is 5.60 Å². The average molecular weight is 346 g/mol. The fourth-order valence-corrected chi connectivity index (χ4v) is 2.14. The predicted molar refractivity (Wildman–Crippen MR) is 103 cm³/mol. The number of rotatable bonds is 5. The fraction of sp³-hybridized carbons (Fsp3) is 0.500. The van der Waals surface area contributed by atoms with E-state index in [1.807, 2.05) is 65.0 Å². The minimum Gasteiger partial charge on any atom is -0.444 e. The number of hydrogen-bond acceptors (Lipinski definition) is 3. The molecule has 1 N–H and O–H groups in total. The molecule has 5 heteroatoms. The monoisotopic (exact) mass is 346 g/mol. The van der Waals surface area contributed by atoms with Gasteiger partial charge in [0.05, 0.1) is 0 Å². The second kappa shape index (κ2) is 8.70. The van der Waals surface area contributed by atoms with Crippen LogP contribution in [0.15, 0.2) is 24.3 Å². The molecule has 2 amide bonds. The molecule has 0 bridgehead atoms. The third-order valence-electron chi connectivity index (χ3n) is 3.70. The Balaban J connectivity index is 2.67. The number of nitrogens with one attached hydrogen (secondary N) is 1. The highest BCUT2D eigenvalue weighted by Crippen LogP contribution is 2.18. The van der Waals surface area contributed by atoms with Gasteiger partial charge >= 0.3 is 6.09 Å². The van der Waals surface area contributed by atoms with E-state index in [0.717, 1.165) is 16.8 Å². The first-order valence-corrected chi connectivity index (χ1v) is 8.50. The largest absolute Gasteiger partial charge is 0.444 e. The van der Waals surface area contributed by atoms with Crippen LogP contribution in [0.5, 0.6) is 0 Å². The summed E-state index contributed by atoms with van der Waals surface area (Å²) in [6.45, 7) is 11.0. The van der Waals surface area contributed by atoms with Gasteiger partial charge in [-0.25, -0.2) is 4.79 Å². The van der Waals surface area contributed by atoms with Gasteiger partial charge in [-0.3, -0.25) is 4.79 Å². The lowest BCUT2D eigenvalue weighted by Gasteiger charge is -2.28. The summed E-state index contributed by atoms with van der Waals surface area (Å²) >= 11 is 0. The summed E-state index contributed by atoms with van der Waals surface area (Å²) in [5.41, 5.74) is 2.34. The Morgan fingerprint density at radius 2 is 1.96 bits per heavy atom. The van der Waals surface area contributed by atoms with Crippen molar-refractivity contribution in [3.63, 3.8) is 0 Å². The lowest BCUT2D eigenvalue weighted by atomic mass is 10.1. The molecule has 0 aromatic heterocycles. The van der Waals surface area contributed by atoms with Crippen molar-refractivity contribution in [1.82, 2.24) is 4.90 Å². The number of carbonyl (C=O) groups excluding carboxylic acids is 2. The van der Waals surface area contributed by atoms with Gasteiger partial charge in [-0.15, -0.1) is 0 Å². The van der Waals surface area contributed by atoms with Crippen LogP contribution >= 0.6 is 0 Å². The Bertz CT molecular complexity index is 645. The van der Waals surface area contributed by atoms with Crippen molar-refractivity contribution in [3.05, 3.63) is 35.4 Å². The number of benzene rings is 1. The molecule has 138 valence electrons. The van der Waals surface area contributed by atoms with E-state index >= 15 is 0 Å². The maximum absolute atomic E-state index is 12.1. The zero-order chi connectivity index (χ0) is 19.2. The van der Waals surface area contributed by atoms with Crippen LogP contribution in [0.3, 0.4) is 0 Å². The van der Waals surface area contributed by atoms with E-state index in [9.17, 15) is 9.59 Å². The Labute approximate surface area is 151 Å². The number of ether oxygens (including phenoxy) is 1. The number of hydrogen-bond donors (Lipinski definition) is 1. The number of aryl methyl sites for hydroxylation is 1. The molecular formula is C20H30N2O3. The van der Waals surface area contributed by atoms with Crippen LogP contribution in [0.2, 0.25) is 0 Å². The quantitative estimate of drug-likeness (QED) is 0.847. The molecular weight excluding hydrogens is 316 g/mol. The lowest BCUT2D eigenvalue weighted by Crippen LogP contribution is -2.39. The number of amides is 2. The van der Waals surface area contributed by atoms with Crippen LogP contribution in [0.1, 0.15) is 52.2 Å². The average Bonchev–Trinajstić information content (AvgIpc) is 2.47. The smallest absolute Gasteiger partial charge is 0.410 e. The van der Waals surface area contributed by atoms with Crippen molar-refractivity contribution in [1.29, 1.82) is 0 Å². The van der Waals surface area contributed by atoms with Crippen LogP contribution in [-0.2, 0) is 9.53 Å². The van der Waals surface area contributed by atoms with E-state index in [-0.39, 0.29) is 18.0 Å². The highest BCUT2D eigenvalue weighted by molar-refractivity contribution is 5.89. The first kappa shape index (κ1) is 20.7. The van der Waals surface area contributed by atoms with E-state index in [4.69, 9.17) is 4.74 Å². The van der Waals surface area contributed by atoms with Gasteiger partial charge in [0.1, 0.15) is 5.60 Å². The maximum atomic E-state index is 12.1. The van der Waals surface area contributed by atoms with Crippen molar-refractivity contribution in [2.75, 3.05) is 12.4 Å². The summed E-state index contributed by atoms with van der Waals surface area (Å²) in [5.74, 6) is -0.0863. The summed E-state index contributed by atoms with van der Waals surface area (Å²) in [6, 6.07) is 5.93. The molecule has 0 aliphatic heterocycles. The Kier molecular flexibility index (Phi) is 7.22. The summed E-state index contributed by atoms with van der Waals surface area (Å²) in [5, 5.41) is 2.83. The standard InChI is InChI=1S/C20H30N2O3/c1-14-11-12-17(13-18(14)21-16(3)23)10-8-9-15(2)22(7)19(24)25-20(4,5)6/h8,10-13,15H,9H2,1-7H3,(H,21,23). The van der Waals surface area contributed by atoms with E-state index in [1.54, 1.807) is 11.9 Å². The van der Waals surface area contributed by atoms with Crippen molar-refractivity contribution in [2.45, 2.75) is 59.6 Å². The van der Waals surface area contributed by atoms with Crippen molar-refractivity contribution < 1.29 is 14.3 Å². The molecule has 1 atom stereocenters. The molecule has 0 radical (unpaired) electrons. The SMILES string of the molecule is CC(=O)Nc1cc(C=CCC(C)N(C)C(=O)OC(C)(C)C)ccc1C. The molecule has 5 nitrogen and oxygen atoms in total. The molecule has 0 saturated carbocycles. The maximum Gasteiger partial charge on any atom is 0.410 e. The molecule has 1 unspecified atom stereocenters. The van der Waals surface area contributed by atoms with Crippen LogP contribution in [-0.4, -0.2) is 35.6 Å². The highest BCUT2D eigenvalue weighted by atomic mass is 16.6. The minimum atomic E-state index is -0.497. The molecule has 0 aliphatic carbocycles. The van der Waals surface area contributed by atoms with Crippen LogP contribution < -0.4 is 5.32 Å².